The van der Waals surface area contributed by atoms with E-state index in [1.807, 2.05) is 19.1 Å². The Morgan fingerprint density at radius 3 is 2.62 bits per heavy atom. The van der Waals surface area contributed by atoms with Crippen molar-refractivity contribution in [1.29, 1.82) is 0 Å². The molecule has 0 saturated carbocycles. The number of nitro benzene ring substituents is 1. The molecule has 122 valence electrons. The second-order valence-corrected chi connectivity index (χ2v) is 6.73. The first-order valence-electron chi connectivity index (χ1n) is 7.33. The van der Waals surface area contributed by atoms with E-state index in [9.17, 15) is 14.9 Å². The SMILES string of the molecule is Cc1ccc(-c2ccc(=O)n(Cc3cccc([N+](=O)[O-])c3C)n2)s1. The van der Waals surface area contributed by atoms with Gasteiger partial charge in [0, 0.05) is 22.6 Å². The van der Waals surface area contributed by atoms with Crippen LogP contribution in [-0.4, -0.2) is 14.7 Å². The Morgan fingerprint density at radius 2 is 1.96 bits per heavy atom. The lowest BCUT2D eigenvalue weighted by Gasteiger charge is -2.09. The number of nitro groups is 1. The fourth-order valence-electron chi connectivity index (χ4n) is 2.47. The third-order valence-corrected chi connectivity index (χ3v) is 4.82. The lowest BCUT2D eigenvalue weighted by molar-refractivity contribution is -0.385. The van der Waals surface area contributed by atoms with E-state index in [-0.39, 0.29) is 17.8 Å². The lowest BCUT2D eigenvalue weighted by atomic mass is 10.1. The highest BCUT2D eigenvalue weighted by Gasteiger charge is 2.14. The molecule has 2 heterocycles. The van der Waals surface area contributed by atoms with Crippen molar-refractivity contribution in [3.63, 3.8) is 0 Å². The van der Waals surface area contributed by atoms with Crippen LogP contribution in [0.5, 0.6) is 0 Å². The number of hydrogen-bond acceptors (Lipinski definition) is 5. The molecule has 6 nitrogen and oxygen atoms in total. The summed E-state index contributed by atoms with van der Waals surface area (Å²) in [5, 5.41) is 15.5. The first kappa shape index (κ1) is 16.1. The van der Waals surface area contributed by atoms with Crippen molar-refractivity contribution in [2.75, 3.05) is 0 Å². The van der Waals surface area contributed by atoms with E-state index in [0.29, 0.717) is 11.1 Å². The summed E-state index contributed by atoms with van der Waals surface area (Å²) in [6, 6.07) is 12.0. The third kappa shape index (κ3) is 3.11. The van der Waals surface area contributed by atoms with Gasteiger partial charge in [0.05, 0.1) is 16.3 Å². The number of benzene rings is 1. The molecule has 0 radical (unpaired) electrons. The monoisotopic (exact) mass is 341 g/mol. The van der Waals surface area contributed by atoms with Crippen molar-refractivity contribution >= 4 is 17.0 Å². The summed E-state index contributed by atoms with van der Waals surface area (Å²) in [4.78, 5) is 24.9. The number of aryl methyl sites for hydroxylation is 1. The molecule has 0 unspecified atom stereocenters. The highest BCUT2D eigenvalue weighted by atomic mass is 32.1. The molecule has 1 aromatic carbocycles. The largest absolute Gasteiger partial charge is 0.272 e. The zero-order valence-electron chi connectivity index (χ0n) is 13.2. The van der Waals surface area contributed by atoms with Crippen LogP contribution in [0.25, 0.3) is 10.6 Å². The van der Waals surface area contributed by atoms with E-state index in [2.05, 4.69) is 5.10 Å². The molecule has 3 aromatic rings. The predicted molar refractivity (Wildman–Crippen MR) is 93.5 cm³/mol. The number of aromatic nitrogens is 2. The Labute approximate surface area is 142 Å². The highest BCUT2D eigenvalue weighted by Crippen LogP contribution is 2.25. The van der Waals surface area contributed by atoms with Gasteiger partial charge in [0.2, 0.25) is 0 Å². The van der Waals surface area contributed by atoms with Crippen molar-refractivity contribution < 1.29 is 4.92 Å². The Hall–Kier alpha value is -2.80. The van der Waals surface area contributed by atoms with Crippen molar-refractivity contribution in [1.82, 2.24) is 9.78 Å². The summed E-state index contributed by atoms with van der Waals surface area (Å²) < 4.78 is 1.34. The van der Waals surface area contributed by atoms with Crippen LogP contribution in [0.2, 0.25) is 0 Å². The van der Waals surface area contributed by atoms with Crippen LogP contribution in [0.1, 0.15) is 16.0 Å². The second kappa shape index (κ2) is 6.37. The molecule has 0 fully saturated rings. The fourth-order valence-corrected chi connectivity index (χ4v) is 3.30. The van der Waals surface area contributed by atoms with Crippen LogP contribution in [0.4, 0.5) is 5.69 Å². The van der Waals surface area contributed by atoms with Gasteiger partial charge >= 0.3 is 0 Å². The molecule has 0 atom stereocenters. The zero-order valence-corrected chi connectivity index (χ0v) is 14.0. The summed E-state index contributed by atoms with van der Waals surface area (Å²) in [6.45, 7) is 3.90. The highest BCUT2D eigenvalue weighted by molar-refractivity contribution is 7.15. The smallest absolute Gasteiger partial charge is 0.268 e. The Bertz CT molecular complexity index is 975. The molecule has 0 bridgehead atoms. The molecule has 2 aromatic heterocycles. The summed E-state index contributed by atoms with van der Waals surface area (Å²) >= 11 is 1.60. The Kier molecular flexibility index (Phi) is 4.26. The van der Waals surface area contributed by atoms with Gasteiger partial charge in [-0.25, -0.2) is 4.68 Å². The van der Waals surface area contributed by atoms with Gasteiger partial charge in [0.1, 0.15) is 5.69 Å². The minimum absolute atomic E-state index is 0.0468. The number of hydrogen-bond donors (Lipinski definition) is 0. The third-order valence-electron chi connectivity index (χ3n) is 3.79. The molecule has 0 spiro atoms. The average molecular weight is 341 g/mol. The standard InChI is InChI=1S/C17H15N3O3S/c1-11-6-8-16(24-11)14-7-9-17(21)19(18-14)10-13-4-3-5-15(12(13)2)20(22)23/h3-9H,10H2,1-2H3. The molecule has 0 amide bonds. The molecule has 3 rings (SSSR count). The average Bonchev–Trinajstić information content (AvgIpc) is 2.97. The lowest BCUT2D eigenvalue weighted by Crippen LogP contribution is -2.23. The van der Waals surface area contributed by atoms with Gasteiger partial charge in [-0.3, -0.25) is 14.9 Å². The first-order chi connectivity index (χ1) is 11.5. The maximum Gasteiger partial charge on any atom is 0.272 e. The van der Waals surface area contributed by atoms with E-state index in [4.69, 9.17) is 0 Å². The molecule has 0 N–H and O–H groups in total. The van der Waals surface area contributed by atoms with E-state index in [1.54, 1.807) is 36.5 Å². The number of nitrogens with zero attached hydrogens (tertiary/aromatic N) is 3. The van der Waals surface area contributed by atoms with E-state index < -0.39 is 4.92 Å². The summed E-state index contributed by atoms with van der Waals surface area (Å²) in [7, 11) is 0. The van der Waals surface area contributed by atoms with Crippen molar-refractivity contribution in [2.24, 2.45) is 0 Å². The quantitative estimate of drug-likeness (QED) is 0.537. The van der Waals surface area contributed by atoms with Crippen LogP contribution in [0.3, 0.4) is 0 Å². The zero-order chi connectivity index (χ0) is 17.3. The summed E-state index contributed by atoms with van der Waals surface area (Å²) in [6.07, 6.45) is 0. The van der Waals surface area contributed by atoms with Gasteiger partial charge in [-0.05, 0) is 37.6 Å². The Morgan fingerprint density at radius 1 is 1.17 bits per heavy atom. The molecular weight excluding hydrogens is 326 g/mol. The second-order valence-electron chi connectivity index (χ2n) is 5.44. The molecule has 24 heavy (non-hydrogen) atoms. The Balaban J connectivity index is 2.00. The molecule has 0 aliphatic rings. The predicted octanol–water partition coefficient (Wildman–Crippen LogP) is 3.55. The molecule has 0 saturated heterocycles. The minimum atomic E-state index is -0.417. The van der Waals surface area contributed by atoms with Crippen LogP contribution >= 0.6 is 11.3 Å². The number of rotatable bonds is 4. The van der Waals surface area contributed by atoms with Crippen molar-refractivity contribution in [3.8, 4) is 10.6 Å². The fraction of sp³-hybridized carbons (Fsp3) is 0.176. The minimum Gasteiger partial charge on any atom is -0.268 e. The molecular formula is C17H15N3O3S. The van der Waals surface area contributed by atoms with Crippen molar-refractivity contribution in [2.45, 2.75) is 20.4 Å². The number of thiophene rings is 1. The topological polar surface area (TPSA) is 78.0 Å². The van der Waals surface area contributed by atoms with E-state index in [1.165, 1.54) is 21.7 Å². The summed E-state index contributed by atoms with van der Waals surface area (Å²) in [5.74, 6) is 0. The van der Waals surface area contributed by atoms with Crippen LogP contribution in [0, 0.1) is 24.0 Å². The normalized spacial score (nSPS) is 10.8. The first-order valence-corrected chi connectivity index (χ1v) is 8.15. The molecule has 7 heteroatoms. The van der Waals surface area contributed by atoms with Gasteiger partial charge in [-0.15, -0.1) is 11.3 Å². The molecule has 0 aliphatic carbocycles. The van der Waals surface area contributed by atoms with Gasteiger partial charge in [0.15, 0.2) is 0 Å². The van der Waals surface area contributed by atoms with Gasteiger partial charge in [-0.1, -0.05) is 12.1 Å². The van der Waals surface area contributed by atoms with Gasteiger partial charge < -0.3 is 0 Å². The maximum atomic E-state index is 12.1. The van der Waals surface area contributed by atoms with Crippen LogP contribution in [0.15, 0.2) is 47.3 Å². The van der Waals surface area contributed by atoms with Crippen LogP contribution < -0.4 is 5.56 Å². The van der Waals surface area contributed by atoms with Gasteiger partial charge in [-0.2, -0.15) is 5.10 Å². The van der Waals surface area contributed by atoms with Crippen LogP contribution in [-0.2, 0) is 6.54 Å². The maximum absolute atomic E-state index is 12.1. The summed E-state index contributed by atoms with van der Waals surface area (Å²) in [5.41, 5.74) is 1.78. The van der Waals surface area contributed by atoms with Gasteiger partial charge in [0.25, 0.3) is 11.2 Å². The molecule has 0 aliphatic heterocycles. The van der Waals surface area contributed by atoms with E-state index >= 15 is 0 Å². The van der Waals surface area contributed by atoms with Crippen molar-refractivity contribution in [3.05, 3.63) is 78.9 Å². The van der Waals surface area contributed by atoms with E-state index in [0.717, 1.165) is 10.6 Å².